The Morgan fingerprint density at radius 1 is 0.909 bits per heavy atom. The van der Waals surface area contributed by atoms with Crippen LogP contribution in [0, 0.1) is 5.82 Å². The Balaban J connectivity index is 1.98. The first-order chi connectivity index (χ1) is 10.7. The molecule has 2 aromatic heterocycles. The van der Waals surface area contributed by atoms with Gasteiger partial charge in [-0.2, -0.15) is 0 Å². The number of nitrogens with zero attached hydrogens (tertiary/aromatic N) is 2. The van der Waals surface area contributed by atoms with Crippen molar-refractivity contribution in [1.29, 1.82) is 0 Å². The number of rotatable bonds is 2. The van der Waals surface area contributed by atoms with Crippen LogP contribution >= 0.6 is 0 Å². The minimum atomic E-state index is -0.365. The SMILES string of the molecule is O=C(c1ccc(F)cc1)c1nc2ccccc2n2cccc12. The van der Waals surface area contributed by atoms with Crippen LogP contribution in [0.3, 0.4) is 0 Å². The first kappa shape index (κ1) is 12.7. The highest BCUT2D eigenvalue weighted by molar-refractivity contribution is 6.12. The quantitative estimate of drug-likeness (QED) is 0.525. The van der Waals surface area contributed by atoms with E-state index in [1.807, 2.05) is 47.0 Å². The molecule has 0 amide bonds. The molecule has 0 atom stereocenters. The van der Waals surface area contributed by atoms with Crippen molar-refractivity contribution in [3.63, 3.8) is 0 Å². The fourth-order valence-electron chi connectivity index (χ4n) is 2.63. The van der Waals surface area contributed by atoms with Crippen molar-refractivity contribution in [2.45, 2.75) is 0 Å². The van der Waals surface area contributed by atoms with E-state index in [0.29, 0.717) is 11.3 Å². The second-order valence-electron chi connectivity index (χ2n) is 5.05. The molecular formula is C18H11FN2O. The summed E-state index contributed by atoms with van der Waals surface area (Å²) in [4.78, 5) is 17.2. The third-order valence-corrected chi connectivity index (χ3v) is 3.69. The molecule has 0 aliphatic heterocycles. The Kier molecular flexibility index (Phi) is 2.76. The zero-order chi connectivity index (χ0) is 15.1. The predicted molar refractivity (Wildman–Crippen MR) is 82.5 cm³/mol. The fraction of sp³-hybridized carbons (Fsp3) is 0. The lowest BCUT2D eigenvalue weighted by atomic mass is 10.1. The smallest absolute Gasteiger partial charge is 0.213 e. The third-order valence-electron chi connectivity index (χ3n) is 3.69. The van der Waals surface area contributed by atoms with E-state index in [1.165, 1.54) is 24.3 Å². The van der Waals surface area contributed by atoms with Gasteiger partial charge in [-0.1, -0.05) is 12.1 Å². The van der Waals surface area contributed by atoms with Crippen LogP contribution in [0.25, 0.3) is 16.6 Å². The molecule has 0 saturated carbocycles. The molecule has 0 bridgehead atoms. The summed E-state index contributed by atoms with van der Waals surface area (Å²) in [5.41, 5.74) is 3.23. The average Bonchev–Trinajstić information content (AvgIpc) is 3.04. The number of ketones is 1. The van der Waals surface area contributed by atoms with Gasteiger partial charge < -0.3 is 4.40 Å². The van der Waals surface area contributed by atoms with Crippen molar-refractivity contribution in [2.24, 2.45) is 0 Å². The molecule has 0 saturated heterocycles. The molecule has 0 unspecified atom stereocenters. The van der Waals surface area contributed by atoms with Gasteiger partial charge >= 0.3 is 0 Å². The van der Waals surface area contributed by atoms with Crippen LogP contribution in [0.15, 0.2) is 66.9 Å². The van der Waals surface area contributed by atoms with Crippen LogP contribution in [0.1, 0.15) is 16.1 Å². The van der Waals surface area contributed by atoms with Gasteiger partial charge in [-0.15, -0.1) is 0 Å². The van der Waals surface area contributed by atoms with Crippen molar-refractivity contribution in [2.75, 3.05) is 0 Å². The molecule has 22 heavy (non-hydrogen) atoms. The van der Waals surface area contributed by atoms with E-state index < -0.39 is 0 Å². The number of carbonyl (C=O) groups excluding carboxylic acids is 1. The fourth-order valence-corrected chi connectivity index (χ4v) is 2.63. The van der Waals surface area contributed by atoms with Crippen molar-refractivity contribution >= 4 is 22.3 Å². The molecule has 4 rings (SSSR count). The van der Waals surface area contributed by atoms with Crippen molar-refractivity contribution in [3.8, 4) is 0 Å². The Bertz CT molecular complexity index is 1000. The summed E-state index contributed by atoms with van der Waals surface area (Å²) in [5.74, 6) is -0.578. The van der Waals surface area contributed by atoms with E-state index in [9.17, 15) is 9.18 Å². The third kappa shape index (κ3) is 1.89. The molecule has 0 fully saturated rings. The number of benzene rings is 2. The Morgan fingerprint density at radius 2 is 1.64 bits per heavy atom. The molecule has 3 nitrogen and oxygen atoms in total. The van der Waals surface area contributed by atoms with Gasteiger partial charge in [0.1, 0.15) is 11.5 Å². The number of hydrogen-bond donors (Lipinski definition) is 0. The number of fused-ring (bicyclic) bond motifs is 3. The maximum Gasteiger partial charge on any atom is 0.213 e. The normalized spacial score (nSPS) is 11.1. The standard InChI is InChI=1S/C18H11FN2O/c19-13-9-7-12(8-10-13)18(22)17-16-6-3-11-21(16)15-5-2-1-4-14(15)20-17/h1-11H. The lowest BCUT2D eigenvalue weighted by molar-refractivity contribution is 0.103. The second-order valence-corrected chi connectivity index (χ2v) is 5.05. The molecule has 2 aromatic carbocycles. The minimum absolute atomic E-state index is 0.213. The van der Waals surface area contributed by atoms with Gasteiger partial charge in [-0.3, -0.25) is 4.79 Å². The Labute approximate surface area is 125 Å². The topological polar surface area (TPSA) is 34.4 Å². The Hall–Kier alpha value is -3.01. The van der Waals surface area contributed by atoms with E-state index in [1.54, 1.807) is 0 Å². The molecule has 0 N–H and O–H groups in total. The number of halogens is 1. The van der Waals surface area contributed by atoms with E-state index in [2.05, 4.69) is 4.98 Å². The monoisotopic (exact) mass is 290 g/mol. The molecule has 106 valence electrons. The molecule has 4 heteroatoms. The van der Waals surface area contributed by atoms with Crippen LogP contribution in [0.4, 0.5) is 4.39 Å². The maximum absolute atomic E-state index is 13.0. The molecule has 4 aromatic rings. The molecule has 2 heterocycles. The minimum Gasteiger partial charge on any atom is -0.313 e. The average molecular weight is 290 g/mol. The van der Waals surface area contributed by atoms with Gasteiger partial charge in [0.05, 0.1) is 16.6 Å². The van der Waals surface area contributed by atoms with Crippen LogP contribution in [-0.2, 0) is 0 Å². The highest BCUT2D eigenvalue weighted by atomic mass is 19.1. The highest BCUT2D eigenvalue weighted by Gasteiger charge is 2.16. The van der Waals surface area contributed by atoms with Crippen LogP contribution in [-0.4, -0.2) is 15.2 Å². The first-order valence-corrected chi connectivity index (χ1v) is 6.90. The first-order valence-electron chi connectivity index (χ1n) is 6.90. The molecule has 0 spiro atoms. The zero-order valence-corrected chi connectivity index (χ0v) is 11.5. The zero-order valence-electron chi connectivity index (χ0n) is 11.5. The summed E-state index contributed by atoms with van der Waals surface area (Å²) >= 11 is 0. The maximum atomic E-state index is 13.0. The van der Waals surface area contributed by atoms with Gasteiger partial charge in [0.25, 0.3) is 0 Å². The van der Waals surface area contributed by atoms with Crippen LogP contribution in [0.2, 0.25) is 0 Å². The summed E-state index contributed by atoms with van der Waals surface area (Å²) in [7, 11) is 0. The lowest BCUT2D eigenvalue weighted by Crippen LogP contribution is -2.07. The number of carbonyl (C=O) groups is 1. The van der Waals surface area contributed by atoms with E-state index in [0.717, 1.165) is 16.6 Å². The van der Waals surface area contributed by atoms with Gasteiger partial charge in [-0.25, -0.2) is 9.37 Å². The van der Waals surface area contributed by atoms with Crippen molar-refractivity contribution in [1.82, 2.24) is 9.38 Å². The molecule has 0 aliphatic rings. The summed E-state index contributed by atoms with van der Waals surface area (Å²) in [5, 5.41) is 0. The Morgan fingerprint density at radius 3 is 2.45 bits per heavy atom. The largest absolute Gasteiger partial charge is 0.313 e. The predicted octanol–water partition coefficient (Wildman–Crippen LogP) is 3.86. The molecule has 0 aliphatic carbocycles. The number of para-hydroxylation sites is 2. The van der Waals surface area contributed by atoms with Crippen LogP contribution in [0.5, 0.6) is 0 Å². The summed E-state index contributed by atoms with van der Waals surface area (Å²) in [6, 6.07) is 16.9. The lowest BCUT2D eigenvalue weighted by Gasteiger charge is -2.08. The van der Waals surface area contributed by atoms with Crippen molar-refractivity contribution in [3.05, 3.63) is 83.9 Å². The number of hydrogen-bond acceptors (Lipinski definition) is 2. The van der Waals surface area contributed by atoms with Crippen molar-refractivity contribution < 1.29 is 9.18 Å². The van der Waals surface area contributed by atoms with Gasteiger partial charge in [0.2, 0.25) is 5.78 Å². The molecular weight excluding hydrogens is 279 g/mol. The van der Waals surface area contributed by atoms with E-state index in [-0.39, 0.29) is 11.6 Å². The van der Waals surface area contributed by atoms with E-state index in [4.69, 9.17) is 0 Å². The second kappa shape index (κ2) is 4.77. The van der Waals surface area contributed by atoms with Gasteiger partial charge in [0, 0.05) is 11.8 Å². The summed E-state index contributed by atoms with van der Waals surface area (Å²) < 4.78 is 15.0. The van der Waals surface area contributed by atoms with Gasteiger partial charge in [-0.05, 0) is 48.5 Å². The summed E-state index contributed by atoms with van der Waals surface area (Å²) in [6.07, 6.45) is 1.90. The van der Waals surface area contributed by atoms with Crippen LogP contribution < -0.4 is 0 Å². The van der Waals surface area contributed by atoms with E-state index >= 15 is 0 Å². The van der Waals surface area contributed by atoms with Gasteiger partial charge in [0.15, 0.2) is 0 Å². The molecule has 0 radical (unpaired) electrons. The highest BCUT2D eigenvalue weighted by Crippen LogP contribution is 2.21. The number of aromatic nitrogens is 2. The summed E-state index contributed by atoms with van der Waals surface area (Å²) in [6.45, 7) is 0.